The van der Waals surface area contributed by atoms with Gasteiger partial charge in [-0.05, 0) is 30.1 Å². The molecule has 0 aliphatic heterocycles. The van der Waals surface area contributed by atoms with Gasteiger partial charge in [0.25, 0.3) is 0 Å². The van der Waals surface area contributed by atoms with Crippen LogP contribution in [0.25, 0.3) is 0 Å². The van der Waals surface area contributed by atoms with E-state index in [0.717, 1.165) is 18.0 Å². The van der Waals surface area contributed by atoms with Crippen molar-refractivity contribution in [1.29, 1.82) is 0 Å². The molecule has 0 unspecified atom stereocenters. The first-order valence-electron chi connectivity index (χ1n) is 6.40. The molecule has 0 aliphatic rings. The minimum Gasteiger partial charge on any atom is -0.491 e. The third kappa shape index (κ3) is 6.77. The van der Waals surface area contributed by atoms with Crippen molar-refractivity contribution in [3.8, 4) is 5.75 Å². The van der Waals surface area contributed by atoms with E-state index in [2.05, 4.69) is 18.3 Å². The van der Waals surface area contributed by atoms with E-state index in [9.17, 15) is 0 Å². The third-order valence-electron chi connectivity index (χ3n) is 2.39. The number of anilines is 1. The lowest BCUT2D eigenvalue weighted by Gasteiger charge is -2.09. The number of benzene rings is 1. The SMILES string of the molecule is CCSCCCNc1cccc(OCCOC)c1. The summed E-state index contributed by atoms with van der Waals surface area (Å²) in [5.74, 6) is 3.30. The number of hydrogen-bond donors (Lipinski definition) is 1. The lowest BCUT2D eigenvalue weighted by Crippen LogP contribution is -2.05. The van der Waals surface area contributed by atoms with Gasteiger partial charge in [0.15, 0.2) is 0 Å². The summed E-state index contributed by atoms with van der Waals surface area (Å²) in [6.07, 6.45) is 1.19. The average Bonchev–Trinajstić information content (AvgIpc) is 2.39. The van der Waals surface area contributed by atoms with E-state index in [1.165, 1.54) is 17.9 Å². The molecule has 18 heavy (non-hydrogen) atoms. The Kier molecular flexibility index (Phi) is 8.51. The summed E-state index contributed by atoms with van der Waals surface area (Å²) >= 11 is 1.98. The van der Waals surface area contributed by atoms with E-state index < -0.39 is 0 Å². The first-order chi connectivity index (χ1) is 8.86. The minimum absolute atomic E-state index is 0.590. The molecule has 0 amide bonds. The molecule has 3 nitrogen and oxygen atoms in total. The van der Waals surface area contributed by atoms with Gasteiger partial charge in [-0.25, -0.2) is 0 Å². The maximum absolute atomic E-state index is 5.56. The average molecular weight is 269 g/mol. The maximum atomic E-state index is 5.56. The quantitative estimate of drug-likeness (QED) is 0.660. The highest BCUT2D eigenvalue weighted by Crippen LogP contribution is 2.17. The van der Waals surface area contributed by atoms with Crippen LogP contribution in [0.15, 0.2) is 24.3 Å². The number of hydrogen-bond acceptors (Lipinski definition) is 4. The second kappa shape index (κ2) is 10.1. The van der Waals surface area contributed by atoms with E-state index in [4.69, 9.17) is 9.47 Å². The van der Waals surface area contributed by atoms with Gasteiger partial charge >= 0.3 is 0 Å². The van der Waals surface area contributed by atoms with Gasteiger partial charge in [-0.15, -0.1) is 0 Å². The minimum atomic E-state index is 0.590. The van der Waals surface area contributed by atoms with Gasteiger partial charge in [0, 0.05) is 25.4 Å². The number of methoxy groups -OCH3 is 1. The predicted octanol–water partition coefficient (Wildman–Crippen LogP) is 3.27. The van der Waals surface area contributed by atoms with Crippen LogP contribution in [0.3, 0.4) is 0 Å². The first kappa shape index (κ1) is 15.2. The van der Waals surface area contributed by atoms with Gasteiger partial charge < -0.3 is 14.8 Å². The van der Waals surface area contributed by atoms with E-state index in [0.29, 0.717) is 13.2 Å². The highest BCUT2D eigenvalue weighted by Gasteiger charge is 1.96. The van der Waals surface area contributed by atoms with Crippen molar-refractivity contribution >= 4 is 17.4 Å². The van der Waals surface area contributed by atoms with Crippen LogP contribution in [-0.2, 0) is 4.74 Å². The molecule has 0 spiro atoms. The van der Waals surface area contributed by atoms with Crippen molar-refractivity contribution < 1.29 is 9.47 Å². The van der Waals surface area contributed by atoms with E-state index in [-0.39, 0.29) is 0 Å². The third-order valence-corrected chi connectivity index (χ3v) is 3.37. The van der Waals surface area contributed by atoms with E-state index in [1.54, 1.807) is 7.11 Å². The van der Waals surface area contributed by atoms with Gasteiger partial charge in [0.05, 0.1) is 6.61 Å². The standard InChI is InChI=1S/C14H23NO2S/c1-3-18-11-5-8-15-13-6-4-7-14(12-13)17-10-9-16-2/h4,6-7,12,15H,3,5,8-11H2,1-2H3. The number of nitrogens with one attached hydrogen (secondary N) is 1. The van der Waals surface area contributed by atoms with Crippen LogP contribution in [-0.4, -0.2) is 38.4 Å². The van der Waals surface area contributed by atoms with Crippen molar-refractivity contribution in [1.82, 2.24) is 0 Å². The predicted molar refractivity (Wildman–Crippen MR) is 79.9 cm³/mol. The van der Waals surface area contributed by atoms with Crippen LogP contribution in [0, 0.1) is 0 Å². The molecule has 102 valence electrons. The molecule has 0 atom stereocenters. The van der Waals surface area contributed by atoms with Crippen molar-refractivity contribution in [3.05, 3.63) is 24.3 Å². The molecule has 0 fully saturated rings. The molecule has 1 N–H and O–H groups in total. The highest BCUT2D eigenvalue weighted by atomic mass is 32.2. The molecule has 0 radical (unpaired) electrons. The van der Waals surface area contributed by atoms with Gasteiger partial charge in [0.2, 0.25) is 0 Å². The zero-order valence-corrected chi connectivity index (χ0v) is 12.1. The molecule has 1 aromatic rings. The fourth-order valence-electron chi connectivity index (χ4n) is 1.49. The van der Waals surface area contributed by atoms with Gasteiger partial charge in [-0.2, -0.15) is 11.8 Å². The molecular weight excluding hydrogens is 246 g/mol. The summed E-state index contributed by atoms with van der Waals surface area (Å²) in [5, 5.41) is 3.41. The number of thioether (sulfide) groups is 1. The van der Waals surface area contributed by atoms with Gasteiger partial charge in [0.1, 0.15) is 12.4 Å². The summed E-state index contributed by atoms with van der Waals surface area (Å²) in [6.45, 7) is 4.41. The smallest absolute Gasteiger partial charge is 0.121 e. The molecule has 0 heterocycles. The highest BCUT2D eigenvalue weighted by molar-refractivity contribution is 7.99. The van der Waals surface area contributed by atoms with Crippen LogP contribution in [0.5, 0.6) is 5.75 Å². The maximum Gasteiger partial charge on any atom is 0.121 e. The normalized spacial score (nSPS) is 10.3. The molecule has 0 aliphatic carbocycles. The van der Waals surface area contributed by atoms with Crippen LogP contribution < -0.4 is 10.1 Å². The fourth-order valence-corrected chi connectivity index (χ4v) is 2.13. The topological polar surface area (TPSA) is 30.5 Å². The Hall–Kier alpha value is -0.870. The van der Waals surface area contributed by atoms with Crippen molar-refractivity contribution in [2.75, 3.05) is 43.7 Å². The molecule has 0 saturated carbocycles. The molecule has 4 heteroatoms. The molecule has 1 rings (SSSR count). The summed E-state index contributed by atoms with van der Waals surface area (Å²) < 4.78 is 10.5. The van der Waals surface area contributed by atoms with Gasteiger partial charge in [-0.1, -0.05) is 13.0 Å². The Balaban J connectivity index is 2.26. The lowest BCUT2D eigenvalue weighted by atomic mass is 10.3. The van der Waals surface area contributed by atoms with E-state index in [1.807, 2.05) is 30.0 Å². The Morgan fingerprint density at radius 3 is 2.94 bits per heavy atom. The van der Waals surface area contributed by atoms with Crippen molar-refractivity contribution in [3.63, 3.8) is 0 Å². The lowest BCUT2D eigenvalue weighted by molar-refractivity contribution is 0.146. The summed E-state index contributed by atoms with van der Waals surface area (Å²) in [6, 6.07) is 8.07. The number of ether oxygens (including phenoxy) is 2. The monoisotopic (exact) mass is 269 g/mol. The van der Waals surface area contributed by atoms with Crippen LogP contribution in [0.4, 0.5) is 5.69 Å². The van der Waals surface area contributed by atoms with Crippen LogP contribution >= 0.6 is 11.8 Å². The zero-order chi connectivity index (χ0) is 13.1. The van der Waals surface area contributed by atoms with Crippen LogP contribution in [0.2, 0.25) is 0 Å². The largest absolute Gasteiger partial charge is 0.491 e. The summed E-state index contributed by atoms with van der Waals surface area (Å²) in [7, 11) is 1.68. The Labute approximate surface area is 114 Å². The first-order valence-corrected chi connectivity index (χ1v) is 7.55. The number of rotatable bonds is 10. The Morgan fingerprint density at radius 1 is 1.28 bits per heavy atom. The Morgan fingerprint density at radius 2 is 2.17 bits per heavy atom. The van der Waals surface area contributed by atoms with Gasteiger partial charge in [-0.3, -0.25) is 0 Å². The zero-order valence-electron chi connectivity index (χ0n) is 11.3. The molecule has 1 aromatic carbocycles. The second-order valence-electron chi connectivity index (χ2n) is 3.85. The summed E-state index contributed by atoms with van der Waals surface area (Å²) in [5.41, 5.74) is 1.12. The van der Waals surface area contributed by atoms with E-state index >= 15 is 0 Å². The molecular formula is C14H23NO2S. The van der Waals surface area contributed by atoms with Crippen molar-refractivity contribution in [2.45, 2.75) is 13.3 Å². The van der Waals surface area contributed by atoms with Crippen molar-refractivity contribution in [2.24, 2.45) is 0 Å². The second-order valence-corrected chi connectivity index (χ2v) is 5.24. The van der Waals surface area contributed by atoms with Crippen LogP contribution in [0.1, 0.15) is 13.3 Å². The molecule has 0 aromatic heterocycles. The molecule has 0 bridgehead atoms. The Bertz CT molecular complexity index is 320. The summed E-state index contributed by atoms with van der Waals surface area (Å²) in [4.78, 5) is 0. The fraction of sp³-hybridized carbons (Fsp3) is 0.571. The molecule has 0 saturated heterocycles.